The second kappa shape index (κ2) is 10.2. The van der Waals surface area contributed by atoms with Crippen molar-refractivity contribution >= 4 is 38.9 Å². The molecule has 0 spiro atoms. The van der Waals surface area contributed by atoms with Gasteiger partial charge in [-0.15, -0.1) is 0 Å². The standard InChI is InChI=1S/C26H28ClN3O3S/c1-19-16-21(30-14-6-7-15-30)10-13-25(19)28-26(31)23-17-22(11-12-24(23)27)34(32,33)29(2)18-20-8-4-3-5-9-20/h3-5,8-13,16-17H,6-7,14-15,18H2,1-2H3,(H,28,31). The first-order valence-corrected chi connectivity index (χ1v) is 13.0. The Kier molecular flexibility index (Phi) is 7.26. The highest BCUT2D eigenvalue weighted by Gasteiger charge is 2.24. The summed E-state index contributed by atoms with van der Waals surface area (Å²) in [5, 5.41) is 3.07. The first kappa shape index (κ1) is 24.3. The lowest BCUT2D eigenvalue weighted by Gasteiger charge is -2.20. The molecule has 4 rings (SSSR count). The summed E-state index contributed by atoms with van der Waals surface area (Å²) in [7, 11) is -2.30. The fourth-order valence-corrected chi connectivity index (χ4v) is 5.48. The Labute approximate surface area is 206 Å². The van der Waals surface area contributed by atoms with E-state index in [1.807, 2.05) is 49.4 Å². The van der Waals surface area contributed by atoms with Crippen molar-refractivity contribution < 1.29 is 13.2 Å². The van der Waals surface area contributed by atoms with Crippen molar-refractivity contribution in [2.75, 3.05) is 30.4 Å². The van der Waals surface area contributed by atoms with Gasteiger partial charge >= 0.3 is 0 Å². The molecule has 0 atom stereocenters. The van der Waals surface area contributed by atoms with Crippen LogP contribution in [0, 0.1) is 6.92 Å². The molecule has 34 heavy (non-hydrogen) atoms. The maximum atomic E-state index is 13.1. The molecule has 6 nitrogen and oxygen atoms in total. The third-order valence-electron chi connectivity index (χ3n) is 6.07. The minimum Gasteiger partial charge on any atom is -0.372 e. The molecule has 3 aromatic rings. The molecule has 0 aromatic heterocycles. The normalized spacial score (nSPS) is 13.9. The number of hydrogen-bond acceptors (Lipinski definition) is 4. The van der Waals surface area contributed by atoms with Gasteiger partial charge < -0.3 is 10.2 Å². The number of nitrogens with one attached hydrogen (secondary N) is 1. The molecule has 1 heterocycles. The van der Waals surface area contributed by atoms with Gasteiger partial charge in [0.1, 0.15) is 0 Å². The summed E-state index contributed by atoms with van der Waals surface area (Å²) < 4.78 is 27.5. The molecule has 8 heteroatoms. The lowest BCUT2D eigenvalue weighted by Crippen LogP contribution is -2.27. The number of halogens is 1. The zero-order valence-electron chi connectivity index (χ0n) is 19.3. The van der Waals surface area contributed by atoms with Crippen molar-refractivity contribution in [3.05, 3.63) is 88.4 Å². The molecule has 0 radical (unpaired) electrons. The molecule has 1 fully saturated rings. The van der Waals surface area contributed by atoms with Crippen LogP contribution in [0.5, 0.6) is 0 Å². The average Bonchev–Trinajstić information content (AvgIpc) is 3.36. The zero-order chi connectivity index (χ0) is 24.3. The smallest absolute Gasteiger partial charge is 0.257 e. The van der Waals surface area contributed by atoms with Gasteiger partial charge in [0.25, 0.3) is 5.91 Å². The van der Waals surface area contributed by atoms with Crippen LogP contribution in [-0.2, 0) is 16.6 Å². The van der Waals surface area contributed by atoms with Crippen LogP contribution in [-0.4, -0.2) is 38.8 Å². The fourth-order valence-electron chi connectivity index (χ4n) is 4.09. The van der Waals surface area contributed by atoms with Gasteiger partial charge in [-0.05, 0) is 67.3 Å². The van der Waals surface area contributed by atoms with E-state index in [0.29, 0.717) is 5.69 Å². The molecule has 1 saturated heterocycles. The number of sulfonamides is 1. The van der Waals surface area contributed by atoms with E-state index < -0.39 is 15.9 Å². The first-order valence-electron chi connectivity index (χ1n) is 11.2. The van der Waals surface area contributed by atoms with E-state index in [0.717, 1.165) is 29.9 Å². The van der Waals surface area contributed by atoms with Crippen molar-refractivity contribution in [1.82, 2.24) is 4.31 Å². The van der Waals surface area contributed by atoms with E-state index in [4.69, 9.17) is 11.6 Å². The van der Waals surface area contributed by atoms with Gasteiger partial charge in [0.05, 0.1) is 15.5 Å². The molecule has 0 saturated carbocycles. The number of benzene rings is 3. The van der Waals surface area contributed by atoms with E-state index in [-0.39, 0.29) is 22.0 Å². The lowest BCUT2D eigenvalue weighted by atomic mass is 10.1. The topological polar surface area (TPSA) is 69.7 Å². The number of nitrogens with zero attached hydrogens (tertiary/aromatic N) is 2. The Balaban J connectivity index is 1.54. The summed E-state index contributed by atoms with van der Waals surface area (Å²) in [6, 6.07) is 19.5. The Bertz CT molecular complexity index is 1290. The van der Waals surface area contributed by atoms with Crippen molar-refractivity contribution in [3.63, 3.8) is 0 Å². The largest absolute Gasteiger partial charge is 0.372 e. The third-order valence-corrected chi connectivity index (χ3v) is 8.20. The predicted molar refractivity (Wildman–Crippen MR) is 137 cm³/mol. The number of carbonyl (C=O) groups excluding carboxylic acids is 1. The Hall–Kier alpha value is -2.87. The minimum atomic E-state index is -3.82. The van der Waals surface area contributed by atoms with Gasteiger partial charge in [-0.1, -0.05) is 41.9 Å². The SMILES string of the molecule is Cc1cc(N2CCCC2)ccc1NC(=O)c1cc(S(=O)(=O)N(C)Cc2ccccc2)ccc1Cl. The second-order valence-electron chi connectivity index (χ2n) is 8.54. The lowest BCUT2D eigenvalue weighted by molar-refractivity contribution is 0.102. The number of carbonyl (C=O) groups is 1. The number of amides is 1. The van der Waals surface area contributed by atoms with Gasteiger partial charge in [0.15, 0.2) is 0 Å². The van der Waals surface area contributed by atoms with Crippen LogP contribution >= 0.6 is 11.6 Å². The van der Waals surface area contributed by atoms with Crippen molar-refractivity contribution in [2.24, 2.45) is 0 Å². The van der Waals surface area contributed by atoms with Crippen LogP contribution < -0.4 is 10.2 Å². The number of hydrogen-bond donors (Lipinski definition) is 1. The molecule has 0 bridgehead atoms. The average molecular weight is 498 g/mol. The summed E-state index contributed by atoms with van der Waals surface area (Å²) >= 11 is 6.29. The minimum absolute atomic E-state index is 0.0154. The monoisotopic (exact) mass is 497 g/mol. The highest BCUT2D eigenvalue weighted by atomic mass is 35.5. The molecule has 3 aromatic carbocycles. The van der Waals surface area contributed by atoms with Gasteiger partial charge in [-0.2, -0.15) is 4.31 Å². The summed E-state index contributed by atoms with van der Waals surface area (Å²) in [6.45, 7) is 4.24. The van der Waals surface area contributed by atoms with Gasteiger partial charge in [-0.3, -0.25) is 4.79 Å². The first-order chi connectivity index (χ1) is 16.3. The predicted octanol–water partition coefficient (Wildman–Crippen LogP) is 5.32. The number of aryl methyl sites for hydroxylation is 1. The molecule has 1 N–H and O–H groups in total. The molecule has 1 amide bonds. The highest BCUT2D eigenvalue weighted by Crippen LogP contribution is 2.28. The van der Waals surface area contributed by atoms with E-state index >= 15 is 0 Å². The maximum Gasteiger partial charge on any atom is 0.257 e. The van der Waals surface area contributed by atoms with Crippen LogP contribution in [0.1, 0.15) is 34.3 Å². The molecule has 178 valence electrons. The van der Waals surface area contributed by atoms with Gasteiger partial charge in [0.2, 0.25) is 10.0 Å². The van der Waals surface area contributed by atoms with Crippen molar-refractivity contribution in [1.29, 1.82) is 0 Å². The van der Waals surface area contributed by atoms with Crippen LogP contribution in [0.3, 0.4) is 0 Å². The van der Waals surface area contributed by atoms with Crippen LogP contribution in [0.15, 0.2) is 71.6 Å². The molecule has 1 aliphatic rings. The quantitative estimate of drug-likeness (QED) is 0.479. The van der Waals surface area contributed by atoms with Crippen LogP contribution in [0.25, 0.3) is 0 Å². The summed E-state index contributed by atoms with van der Waals surface area (Å²) in [4.78, 5) is 15.4. The molecular weight excluding hydrogens is 470 g/mol. The summed E-state index contributed by atoms with van der Waals surface area (Å²) in [6.07, 6.45) is 2.38. The molecular formula is C26H28ClN3O3S. The Morgan fingerprint density at radius 1 is 1.03 bits per heavy atom. The van der Waals surface area contributed by atoms with Crippen LogP contribution in [0.2, 0.25) is 5.02 Å². The Morgan fingerprint density at radius 2 is 1.74 bits per heavy atom. The van der Waals surface area contributed by atoms with E-state index in [2.05, 4.69) is 16.3 Å². The van der Waals surface area contributed by atoms with Gasteiger partial charge in [-0.25, -0.2) is 8.42 Å². The number of rotatable bonds is 7. The third kappa shape index (κ3) is 5.27. The number of anilines is 2. The van der Waals surface area contributed by atoms with E-state index in [1.54, 1.807) is 0 Å². The fraction of sp³-hybridized carbons (Fsp3) is 0.269. The molecule has 0 unspecified atom stereocenters. The van der Waals surface area contributed by atoms with Crippen molar-refractivity contribution in [2.45, 2.75) is 31.2 Å². The van der Waals surface area contributed by atoms with Gasteiger partial charge in [0, 0.05) is 38.1 Å². The molecule has 1 aliphatic heterocycles. The van der Waals surface area contributed by atoms with Crippen LogP contribution in [0.4, 0.5) is 11.4 Å². The summed E-state index contributed by atoms with van der Waals surface area (Å²) in [5.74, 6) is -0.454. The second-order valence-corrected chi connectivity index (χ2v) is 11.0. The summed E-state index contributed by atoms with van der Waals surface area (Å²) in [5.41, 5.74) is 3.71. The zero-order valence-corrected chi connectivity index (χ0v) is 20.9. The Morgan fingerprint density at radius 3 is 2.41 bits per heavy atom. The van der Waals surface area contributed by atoms with Crippen molar-refractivity contribution in [3.8, 4) is 0 Å². The van der Waals surface area contributed by atoms with E-state index in [9.17, 15) is 13.2 Å². The highest BCUT2D eigenvalue weighted by molar-refractivity contribution is 7.89. The van der Waals surface area contributed by atoms with E-state index in [1.165, 1.54) is 42.4 Å². The molecule has 0 aliphatic carbocycles. The maximum absolute atomic E-state index is 13.1.